The predicted octanol–water partition coefficient (Wildman–Crippen LogP) is 5.80. The predicted molar refractivity (Wildman–Crippen MR) is 107 cm³/mol. The molecule has 0 atom stereocenters. The van der Waals surface area contributed by atoms with Crippen molar-refractivity contribution in [2.45, 2.75) is 33.7 Å². The summed E-state index contributed by atoms with van der Waals surface area (Å²) in [6, 6.07) is 8.08. The molecule has 3 aromatic rings. The molecule has 0 fully saturated rings. The first-order valence-electron chi connectivity index (χ1n) is 8.60. The highest BCUT2D eigenvalue weighted by atomic mass is 35.5. The molecule has 3 rings (SSSR count). The molecule has 0 aliphatic heterocycles. The number of nitrogens with one attached hydrogen (secondary N) is 1. The molecule has 0 spiro atoms. The van der Waals surface area contributed by atoms with Crippen LogP contribution in [0.25, 0.3) is 21.7 Å². The van der Waals surface area contributed by atoms with Gasteiger partial charge in [-0.1, -0.05) is 32.4 Å². The van der Waals surface area contributed by atoms with E-state index in [1.54, 1.807) is 11.3 Å². The highest BCUT2D eigenvalue weighted by Crippen LogP contribution is 2.37. The van der Waals surface area contributed by atoms with Crippen molar-refractivity contribution in [1.82, 2.24) is 14.8 Å². The highest BCUT2D eigenvalue weighted by molar-refractivity contribution is 7.19. The number of rotatable bonds is 7. The van der Waals surface area contributed by atoms with Gasteiger partial charge in [-0.15, -0.1) is 11.3 Å². The second kappa shape index (κ2) is 8.02. The van der Waals surface area contributed by atoms with Gasteiger partial charge in [0, 0.05) is 31.0 Å². The molecule has 0 saturated carbocycles. The minimum atomic E-state index is 0.534. The lowest BCUT2D eigenvalue weighted by molar-refractivity contribution is 0.484. The molecule has 0 amide bonds. The number of thiophene rings is 1. The van der Waals surface area contributed by atoms with Gasteiger partial charge >= 0.3 is 0 Å². The summed E-state index contributed by atoms with van der Waals surface area (Å²) in [4.78, 5) is 5.49. The number of hydrogen-bond acceptors (Lipinski definition) is 4. The molecule has 3 aromatic heterocycles. The van der Waals surface area contributed by atoms with Crippen LogP contribution in [0, 0.1) is 5.92 Å². The summed E-state index contributed by atoms with van der Waals surface area (Å²) < 4.78 is 2.81. The molecule has 0 radical (unpaired) electrons. The maximum atomic E-state index is 6.15. The van der Waals surface area contributed by atoms with Crippen LogP contribution < -0.4 is 5.32 Å². The lowest BCUT2D eigenvalue weighted by atomic mass is 10.1. The van der Waals surface area contributed by atoms with Gasteiger partial charge in [0.1, 0.15) is 11.5 Å². The number of hydrogen-bond donors (Lipinski definition) is 1. The van der Waals surface area contributed by atoms with Crippen molar-refractivity contribution < 1.29 is 0 Å². The van der Waals surface area contributed by atoms with Crippen molar-refractivity contribution in [2.75, 3.05) is 11.9 Å². The molecule has 6 heteroatoms. The first-order chi connectivity index (χ1) is 12.1. The van der Waals surface area contributed by atoms with Crippen LogP contribution >= 0.6 is 22.9 Å². The first kappa shape index (κ1) is 18.0. The molecule has 0 aliphatic carbocycles. The van der Waals surface area contributed by atoms with Crippen LogP contribution in [-0.4, -0.2) is 21.3 Å². The molecule has 4 nitrogen and oxygen atoms in total. The zero-order valence-electron chi connectivity index (χ0n) is 14.8. The van der Waals surface area contributed by atoms with Crippen LogP contribution in [0.15, 0.2) is 36.7 Å². The Hall–Kier alpha value is -1.85. The van der Waals surface area contributed by atoms with Crippen LogP contribution in [0.3, 0.4) is 0 Å². The Kier molecular flexibility index (Phi) is 5.76. The third kappa shape index (κ3) is 4.41. The standard InChI is InChI=1S/C19H23ClN4S/c1-4-8-21-18-10-14(7-9-22-18)15-12-24(11-13(2)3)23-19(15)16-5-6-17(20)25-16/h5-7,9-10,12-13H,4,8,11H2,1-3H3,(H,21,22). The quantitative estimate of drug-likeness (QED) is 0.567. The number of anilines is 1. The summed E-state index contributed by atoms with van der Waals surface area (Å²) in [5, 5.41) is 8.18. The Morgan fingerprint density at radius 3 is 2.80 bits per heavy atom. The third-order valence-corrected chi connectivity index (χ3v) is 4.99. The second-order valence-corrected chi connectivity index (χ2v) is 8.18. The van der Waals surface area contributed by atoms with E-state index in [1.807, 2.05) is 29.1 Å². The van der Waals surface area contributed by atoms with Gasteiger partial charge in [-0.25, -0.2) is 4.98 Å². The van der Waals surface area contributed by atoms with Crippen molar-refractivity contribution in [1.29, 1.82) is 0 Å². The Morgan fingerprint density at radius 2 is 2.12 bits per heavy atom. The fourth-order valence-electron chi connectivity index (χ4n) is 2.67. The van der Waals surface area contributed by atoms with Crippen LogP contribution in [-0.2, 0) is 6.54 Å². The minimum Gasteiger partial charge on any atom is -0.370 e. The summed E-state index contributed by atoms with van der Waals surface area (Å²) in [7, 11) is 0. The molecule has 25 heavy (non-hydrogen) atoms. The fraction of sp³-hybridized carbons (Fsp3) is 0.368. The number of halogens is 1. The Balaban J connectivity index is 2.03. The largest absolute Gasteiger partial charge is 0.370 e. The van der Waals surface area contributed by atoms with Crippen molar-refractivity contribution >= 4 is 28.8 Å². The monoisotopic (exact) mass is 374 g/mol. The topological polar surface area (TPSA) is 42.7 Å². The average molecular weight is 375 g/mol. The van der Waals surface area contributed by atoms with Crippen LogP contribution in [0.2, 0.25) is 4.34 Å². The van der Waals surface area contributed by atoms with E-state index in [2.05, 4.69) is 43.3 Å². The molecule has 0 bridgehead atoms. The van der Waals surface area contributed by atoms with Gasteiger partial charge in [-0.05, 0) is 42.2 Å². The molecule has 0 aliphatic rings. The average Bonchev–Trinajstić information content (AvgIpc) is 3.19. The van der Waals surface area contributed by atoms with E-state index in [4.69, 9.17) is 16.7 Å². The summed E-state index contributed by atoms with van der Waals surface area (Å²) >= 11 is 7.70. The van der Waals surface area contributed by atoms with Crippen molar-refractivity contribution in [3.63, 3.8) is 0 Å². The van der Waals surface area contributed by atoms with Crippen molar-refractivity contribution in [3.8, 4) is 21.7 Å². The lowest BCUT2D eigenvalue weighted by Crippen LogP contribution is -2.04. The van der Waals surface area contributed by atoms with Crippen LogP contribution in [0.5, 0.6) is 0 Å². The Bertz CT molecular complexity index is 838. The van der Waals surface area contributed by atoms with Crippen LogP contribution in [0.1, 0.15) is 27.2 Å². The highest BCUT2D eigenvalue weighted by Gasteiger charge is 2.16. The summed E-state index contributed by atoms with van der Waals surface area (Å²) in [6.45, 7) is 8.34. The minimum absolute atomic E-state index is 0.534. The Morgan fingerprint density at radius 1 is 1.28 bits per heavy atom. The molecule has 0 saturated heterocycles. The number of aromatic nitrogens is 3. The van der Waals surface area contributed by atoms with E-state index in [0.29, 0.717) is 5.92 Å². The van der Waals surface area contributed by atoms with Crippen molar-refractivity contribution in [2.24, 2.45) is 5.92 Å². The zero-order chi connectivity index (χ0) is 17.8. The van der Waals surface area contributed by atoms with E-state index < -0.39 is 0 Å². The van der Waals surface area contributed by atoms with E-state index >= 15 is 0 Å². The Labute approximate surface area is 157 Å². The van der Waals surface area contributed by atoms with Crippen LogP contribution in [0.4, 0.5) is 5.82 Å². The van der Waals surface area contributed by atoms with E-state index in [-0.39, 0.29) is 0 Å². The maximum absolute atomic E-state index is 6.15. The van der Waals surface area contributed by atoms with Gasteiger partial charge in [0.05, 0.1) is 9.21 Å². The second-order valence-electron chi connectivity index (χ2n) is 6.47. The normalized spacial score (nSPS) is 11.2. The van der Waals surface area contributed by atoms with E-state index in [9.17, 15) is 0 Å². The molecule has 0 aromatic carbocycles. The van der Waals surface area contributed by atoms with Gasteiger partial charge < -0.3 is 5.32 Å². The SMILES string of the molecule is CCCNc1cc(-c2cn(CC(C)C)nc2-c2ccc(Cl)s2)ccn1. The van der Waals surface area contributed by atoms with Gasteiger partial charge in [0.2, 0.25) is 0 Å². The first-order valence-corrected chi connectivity index (χ1v) is 9.79. The fourth-order valence-corrected chi connectivity index (χ4v) is 3.71. The lowest BCUT2D eigenvalue weighted by Gasteiger charge is -2.06. The van der Waals surface area contributed by atoms with E-state index in [1.165, 1.54) is 0 Å². The smallest absolute Gasteiger partial charge is 0.126 e. The van der Waals surface area contributed by atoms with Gasteiger partial charge in [0.15, 0.2) is 0 Å². The molecule has 132 valence electrons. The van der Waals surface area contributed by atoms with Crippen molar-refractivity contribution in [3.05, 3.63) is 41.0 Å². The third-order valence-electron chi connectivity index (χ3n) is 3.75. The molecule has 1 N–H and O–H groups in total. The molecular weight excluding hydrogens is 352 g/mol. The molecule has 0 unspecified atom stereocenters. The number of nitrogens with zero attached hydrogens (tertiary/aromatic N) is 3. The van der Waals surface area contributed by atoms with Gasteiger partial charge in [-0.2, -0.15) is 5.10 Å². The number of pyridine rings is 1. The van der Waals surface area contributed by atoms with Gasteiger partial charge in [0.25, 0.3) is 0 Å². The summed E-state index contributed by atoms with van der Waals surface area (Å²) in [5.74, 6) is 1.43. The summed E-state index contributed by atoms with van der Waals surface area (Å²) in [6.07, 6.45) is 5.04. The summed E-state index contributed by atoms with van der Waals surface area (Å²) in [5.41, 5.74) is 3.20. The maximum Gasteiger partial charge on any atom is 0.126 e. The van der Waals surface area contributed by atoms with E-state index in [0.717, 1.165) is 51.4 Å². The van der Waals surface area contributed by atoms with Gasteiger partial charge in [-0.3, -0.25) is 4.68 Å². The molecular formula is C19H23ClN4S. The molecule has 3 heterocycles. The zero-order valence-corrected chi connectivity index (χ0v) is 16.4.